The zero-order valence-electron chi connectivity index (χ0n) is 18.7. The van der Waals surface area contributed by atoms with Gasteiger partial charge in [0.15, 0.2) is 5.82 Å². The summed E-state index contributed by atoms with van der Waals surface area (Å²) in [6.07, 6.45) is 5.48. The van der Waals surface area contributed by atoms with Crippen LogP contribution >= 0.6 is 0 Å². The molecule has 0 aliphatic carbocycles. The Morgan fingerprint density at radius 2 is 1.97 bits per heavy atom. The lowest BCUT2D eigenvalue weighted by Crippen LogP contribution is -2.28. The molecule has 0 saturated carbocycles. The van der Waals surface area contributed by atoms with Gasteiger partial charge in [-0.05, 0) is 43.2 Å². The molecule has 1 atom stereocenters. The molecule has 2 aromatic heterocycles. The molecule has 3 N–H and O–H groups in total. The second-order valence-corrected chi connectivity index (χ2v) is 7.98. The number of anilines is 2. The predicted molar refractivity (Wildman–Crippen MR) is 130 cm³/mol. The average molecular weight is 442 g/mol. The zero-order valence-corrected chi connectivity index (χ0v) is 18.7. The average Bonchev–Trinajstić information content (AvgIpc) is 3.33. The molecule has 1 unspecified atom stereocenters. The highest BCUT2D eigenvalue weighted by molar-refractivity contribution is 6.06. The first kappa shape index (κ1) is 22.1. The number of allylic oxidation sites excluding steroid dienone is 1. The third kappa shape index (κ3) is 5.23. The van der Waals surface area contributed by atoms with Gasteiger partial charge in [-0.25, -0.2) is 15.0 Å². The number of nitrogens with one attached hydrogen (secondary N) is 3. The van der Waals surface area contributed by atoms with Gasteiger partial charge < -0.3 is 20.9 Å². The zero-order chi connectivity index (χ0) is 23.2. The number of aryl methyl sites for hydroxylation is 1. The van der Waals surface area contributed by atoms with Crippen molar-refractivity contribution in [1.29, 1.82) is 5.41 Å². The minimum atomic E-state index is 0.0324. The number of likely N-dealkylation sites (tertiary alicyclic amines) is 1. The standard InChI is InChI=1S/C25H27N7O/c1-17-8-10-28-22(12-17)30-23-13-21(29-24(31-23)20(14-26)15-27-2)19-9-11-32(16-19)25(33)18-6-4-3-5-7-18/h3-8,10,12-15,19,26-27H,9,11,16H2,1-2H3,(H,28,29,30,31)/b20-15+,26-14?. The van der Waals surface area contributed by atoms with E-state index in [0.717, 1.165) is 17.7 Å². The highest BCUT2D eigenvalue weighted by Gasteiger charge is 2.29. The molecule has 8 nitrogen and oxygen atoms in total. The number of nitrogens with zero attached hydrogens (tertiary/aromatic N) is 4. The van der Waals surface area contributed by atoms with Crippen molar-refractivity contribution in [2.45, 2.75) is 19.3 Å². The molecule has 1 aliphatic heterocycles. The van der Waals surface area contributed by atoms with Crippen LogP contribution in [0.25, 0.3) is 5.57 Å². The Morgan fingerprint density at radius 1 is 1.15 bits per heavy atom. The maximum Gasteiger partial charge on any atom is 0.253 e. The number of aromatic nitrogens is 3. The van der Waals surface area contributed by atoms with Gasteiger partial charge >= 0.3 is 0 Å². The van der Waals surface area contributed by atoms with E-state index in [2.05, 4.69) is 20.6 Å². The van der Waals surface area contributed by atoms with E-state index in [9.17, 15) is 4.79 Å². The molecule has 168 valence electrons. The molecule has 1 saturated heterocycles. The van der Waals surface area contributed by atoms with Gasteiger partial charge in [0, 0.05) is 56.3 Å². The van der Waals surface area contributed by atoms with Gasteiger partial charge in [0.1, 0.15) is 11.6 Å². The van der Waals surface area contributed by atoms with Crippen molar-refractivity contribution in [2.24, 2.45) is 0 Å². The third-order valence-electron chi connectivity index (χ3n) is 5.55. The van der Waals surface area contributed by atoms with Gasteiger partial charge in [0.05, 0.1) is 11.3 Å². The fourth-order valence-electron chi connectivity index (χ4n) is 3.88. The topological polar surface area (TPSA) is 107 Å². The number of carbonyl (C=O) groups is 1. The van der Waals surface area contributed by atoms with E-state index in [1.54, 1.807) is 19.4 Å². The maximum absolute atomic E-state index is 12.9. The first-order valence-corrected chi connectivity index (χ1v) is 10.9. The minimum absolute atomic E-state index is 0.0324. The molecule has 1 amide bonds. The highest BCUT2D eigenvalue weighted by atomic mass is 16.2. The Morgan fingerprint density at radius 3 is 2.70 bits per heavy atom. The van der Waals surface area contributed by atoms with E-state index in [-0.39, 0.29) is 11.8 Å². The SMILES string of the molecule is CN/C=C(\C=N)c1nc(Nc2cc(C)ccn2)cc(C2CCN(C(=O)c3ccccc3)C2)n1. The maximum atomic E-state index is 12.9. The van der Waals surface area contributed by atoms with Crippen LogP contribution in [-0.4, -0.2) is 52.1 Å². The molecule has 33 heavy (non-hydrogen) atoms. The molecule has 8 heteroatoms. The molecular weight excluding hydrogens is 414 g/mol. The van der Waals surface area contributed by atoms with Crippen molar-refractivity contribution in [3.8, 4) is 0 Å². The molecule has 0 radical (unpaired) electrons. The Hall–Kier alpha value is -4.07. The van der Waals surface area contributed by atoms with Crippen LogP contribution in [0.2, 0.25) is 0 Å². The summed E-state index contributed by atoms with van der Waals surface area (Å²) in [6, 6.07) is 15.1. The summed E-state index contributed by atoms with van der Waals surface area (Å²) < 4.78 is 0. The van der Waals surface area contributed by atoms with Gasteiger partial charge in [0.25, 0.3) is 5.91 Å². The molecule has 1 aliphatic rings. The van der Waals surface area contributed by atoms with Crippen LogP contribution < -0.4 is 10.6 Å². The number of carbonyl (C=O) groups excluding carboxylic acids is 1. The smallest absolute Gasteiger partial charge is 0.253 e. The van der Waals surface area contributed by atoms with Crippen LogP contribution in [0.3, 0.4) is 0 Å². The minimum Gasteiger partial charge on any atom is -0.393 e. The van der Waals surface area contributed by atoms with Crippen molar-refractivity contribution >= 4 is 29.3 Å². The van der Waals surface area contributed by atoms with E-state index in [1.165, 1.54) is 6.21 Å². The van der Waals surface area contributed by atoms with E-state index in [4.69, 9.17) is 10.4 Å². The van der Waals surface area contributed by atoms with E-state index in [0.29, 0.717) is 41.7 Å². The molecular formula is C25H27N7O. The van der Waals surface area contributed by atoms with E-state index < -0.39 is 0 Å². The summed E-state index contributed by atoms with van der Waals surface area (Å²) in [5.74, 6) is 1.84. The summed E-state index contributed by atoms with van der Waals surface area (Å²) in [6.45, 7) is 3.26. The summed E-state index contributed by atoms with van der Waals surface area (Å²) in [4.78, 5) is 28.5. The number of pyridine rings is 1. The lowest BCUT2D eigenvalue weighted by Gasteiger charge is -2.17. The number of hydrogen-bond acceptors (Lipinski definition) is 7. The lowest BCUT2D eigenvalue weighted by atomic mass is 10.0. The summed E-state index contributed by atoms with van der Waals surface area (Å²) in [5, 5.41) is 14.0. The highest BCUT2D eigenvalue weighted by Crippen LogP contribution is 2.29. The summed E-state index contributed by atoms with van der Waals surface area (Å²) in [5.41, 5.74) is 3.18. The summed E-state index contributed by atoms with van der Waals surface area (Å²) >= 11 is 0. The Bertz CT molecular complexity index is 1180. The van der Waals surface area contributed by atoms with Gasteiger partial charge in [0.2, 0.25) is 0 Å². The molecule has 1 aromatic carbocycles. The van der Waals surface area contributed by atoms with Crippen molar-refractivity contribution in [2.75, 3.05) is 25.5 Å². The van der Waals surface area contributed by atoms with Crippen LogP contribution in [-0.2, 0) is 0 Å². The van der Waals surface area contributed by atoms with Crippen molar-refractivity contribution in [3.05, 3.63) is 83.6 Å². The lowest BCUT2D eigenvalue weighted by molar-refractivity contribution is 0.0790. The van der Waals surface area contributed by atoms with Crippen LogP contribution in [0.4, 0.5) is 11.6 Å². The Balaban J connectivity index is 1.63. The van der Waals surface area contributed by atoms with Crippen molar-refractivity contribution < 1.29 is 4.79 Å². The quantitative estimate of drug-likeness (QED) is 0.482. The third-order valence-corrected chi connectivity index (χ3v) is 5.55. The van der Waals surface area contributed by atoms with Gasteiger partial charge in [-0.2, -0.15) is 0 Å². The largest absolute Gasteiger partial charge is 0.393 e. The van der Waals surface area contributed by atoms with Gasteiger partial charge in [-0.15, -0.1) is 0 Å². The molecule has 3 heterocycles. The number of hydrogen-bond donors (Lipinski definition) is 3. The van der Waals surface area contributed by atoms with Crippen LogP contribution in [0.1, 0.15) is 39.8 Å². The molecule has 0 spiro atoms. The monoisotopic (exact) mass is 441 g/mol. The second-order valence-electron chi connectivity index (χ2n) is 7.98. The van der Waals surface area contributed by atoms with Crippen LogP contribution in [0.5, 0.6) is 0 Å². The van der Waals surface area contributed by atoms with Crippen molar-refractivity contribution in [1.82, 2.24) is 25.2 Å². The predicted octanol–water partition coefficient (Wildman–Crippen LogP) is 3.76. The molecule has 1 fully saturated rings. The number of amides is 1. The first-order chi connectivity index (χ1) is 16.1. The Kier molecular flexibility index (Phi) is 6.73. The number of benzene rings is 1. The number of rotatable bonds is 7. The van der Waals surface area contributed by atoms with E-state index >= 15 is 0 Å². The first-order valence-electron chi connectivity index (χ1n) is 10.9. The summed E-state index contributed by atoms with van der Waals surface area (Å²) in [7, 11) is 1.77. The Labute approximate surface area is 193 Å². The van der Waals surface area contributed by atoms with E-state index in [1.807, 2.05) is 60.4 Å². The fraction of sp³-hybridized carbons (Fsp3) is 0.240. The molecule has 3 aromatic rings. The fourth-order valence-corrected chi connectivity index (χ4v) is 3.88. The molecule has 4 rings (SSSR count). The molecule has 0 bridgehead atoms. The van der Waals surface area contributed by atoms with Crippen LogP contribution in [0.15, 0.2) is 60.9 Å². The van der Waals surface area contributed by atoms with Gasteiger partial charge in [-0.3, -0.25) is 4.79 Å². The van der Waals surface area contributed by atoms with Gasteiger partial charge in [-0.1, -0.05) is 18.2 Å². The normalized spacial score (nSPS) is 15.9. The second kappa shape index (κ2) is 10.0. The van der Waals surface area contributed by atoms with Crippen LogP contribution in [0, 0.1) is 12.3 Å². The van der Waals surface area contributed by atoms with Crippen molar-refractivity contribution in [3.63, 3.8) is 0 Å².